The van der Waals surface area contributed by atoms with Crippen molar-refractivity contribution in [3.05, 3.63) is 101 Å². The van der Waals surface area contributed by atoms with Gasteiger partial charge in [0.1, 0.15) is 0 Å². The van der Waals surface area contributed by atoms with Gasteiger partial charge in [-0.25, -0.2) is 10.4 Å². The molecule has 2 N–H and O–H groups in total. The summed E-state index contributed by atoms with van der Waals surface area (Å²) in [6, 6.07) is 16.3. The van der Waals surface area contributed by atoms with Gasteiger partial charge in [0.15, 0.2) is 0 Å². The number of nitrogens with one attached hydrogen (secondary N) is 1. The van der Waals surface area contributed by atoms with E-state index in [0.717, 1.165) is 75.8 Å². The molecule has 0 saturated heterocycles. The Morgan fingerprint density at radius 1 is 1.04 bits per heavy atom. The van der Waals surface area contributed by atoms with Crippen molar-refractivity contribution in [1.29, 1.82) is 0 Å². The lowest BCUT2D eigenvalue weighted by Gasteiger charge is -2.33. The highest BCUT2D eigenvalue weighted by atomic mass is 16.5. The van der Waals surface area contributed by atoms with E-state index in [2.05, 4.69) is 102 Å². The standard InChI is InChI=1S/C40H51N5O2/c1-10-33(41-34(25(2)3)21-28(6)40(7,8)9)32-20-12-11-17-30-24-47-36-23-35(37-26(4)15-13-16-27(37)5)42-39(43-36)44-45(46)31-19-14-18-29(22-31)38(30)32/h10,13-16,18-19,21-23,30,32,38,46H,2,11-12,17,20,24H2,1,3-9H3,(H,42,43,44)/b28-21+,33-10-,41-34+. The molecule has 5 rings (SSSR count). The van der Waals surface area contributed by atoms with E-state index >= 15 is 0 Å². The first-order chi connectivity index (χ1) is 22.3. The summed E-state index contributed by atoms with van der Waals surface area (Å²) in [5.74, 6) is 1.20. The van der Waals surface area contributed by atoms with E-state index in [1.807, 2.05) is 31.2 Å². The molecule has 2 aliphatic rings. The van der Waals surface area contributed by atoms with Crippen molar-refractivity contribution in [2.45, 2.75) is 87.0 Å². The highest BCUT2D eigenvalue weighted by Gasteiger charge is 2.36. The summed E-state index contributed by atoms with van der Waals surface area (Å²) in [4.78, 5) is 14.8. The van der Waals surface area contributed by atoms with Gasteiger partial charge in [0.25, 0.3) is 0 Å². The third-order valence-electron chi connectivity index (χ3n) is 9.77. The number of benzene rings is 2. The number of aromatic nitrogens is 2. The van der Waals surface area contributed by atoms with Gasteiger partial charge in [-0.2, -0.15) is 10.2 Å². The van der Waals surface area contributed by atoms with E-state index < -0.39 is 0 Å². The van der Waals surface area contributed by atoms with Crippen molar-refractivity contribution < 1.29 is 9.94 Å². The van der Waals surface area contributed by atoms with E-state index in [4.69, 9.17) is 14.7 Å². The Balaban J connectivity index is 1.61. The van der Waals surface area contributed by atoms with Gasteiger partial charge in [-0.15, -0.1) is 0 Å². The smallest absolute Gasteiger partial charge is 0.247 e. The number of fused-ring (bicyclic) bond motifs is 6. The maximum absolute atomic E-state index is 11.3. The van der Waals surface area contributed by atoms with Gasteiger partial charge in [0.05, 0.1) is 23.7 Å². The number of aliphatic imine (C=N–C) groups is 1. The highest BCUT2D eigenvalue weighted by Crippen LogP contribution is 2.46. The van der Waals surface area contributed by atoms with Crippen molar-refractivity contribution in [1.82, 2.24) is 9.97 Å². The van der Waals surface area contributed by atoms with Crippen LogP contribution in [0.5, 0.6) is 5.88 Å². The second-order valence-electron chi connectivity index (χ2n) is 14.3. The second-order valence-corrected chi connectivity index (χ2v) is 14.3. The Morgan fingerprint density at radius 3 is 2.43 bits per heavy atom. The molecule has 7 nitrogen and oxygen atoms in total. The Bertz CT molecular complexity index is 1690. The number of hydrazine groups is 1. The van der Waals surface area contributed by atoms with Crippen LogP contribution in [-0.2, 0) is 0 Å². The van der Waals surface area contributed by atoms with Gasteiger partial charge in [-0.05, 0) is 99.3 Å². The summed E-state index contributed by atoms with van der Waals surface area (Å²) in [6.45, 7) is 21.9. The molecule has 7 heteroatoms. The minimum Gasteiger partial charge on any atom is -0.477 e. The monoisotopic (exact) mass is 633 g/mol. The maximum atomic E-state index is 11.3. The van der Waals surface area contributed by atoms with Gasteiger partial charge in [0, 0.05) is 29.2 Å². The van der Waals surface area contributed by atoms with Crippen molar-refractivity contribution in [2.24, 2.45) is 22.2 Å². The third-order valence-corrected chi connectivity index (χ3v) is 9.77. The number of allylic oxidation sites excluding steroid dienone is 5. The minimum atomic E-state index is 0.0356. The summed E-state index contributed by atoms with van der Waals surface area (Å²) in [5.41, 5.74) is 13.0. The van der Waals surface area contributed by atoms with Crippen LogP contribution in [-0.4, -0.2) is 27.5 Å². The Hall–Kier alpha value is -4.23. The van der Waals surface area contributed by atoms with Gasteiger partial charge in [-0.1, -0.05) is 82.2 Å². The average Bonchev–Trinajstić information content (AvgIpc) is 3.23. The Labute approximate surface area is 281 Å². The molecule has 3 unspecified atom stereocenters. The predicted molar refractivity (Wildman–Crippen MR) is 194 cm³/mol. The largest absolute Gasteiger partial charge is 0.477 e. The minimum absolute atomic E-state index is 0.0356. The number of hydrogen-bond acceptors (Lipinski definition) is 7. The third kappa shape index (κ3) is 7.84. The van der Waals surface area contributed by atoms with Crippen LogP contribution in [0, 0.1) is 31.1 Å². The maximum Gasteiger partial charge on any atom is 0.247 e. The van der Waals surface area contributed by atoms with Gasteiger partial charge >= 0.3 is 0 Å². The first kappa shape index (κ1) is 34.1. The molecule has 0 amide bonds. The quantitative estimate of drug-likeness (QED) is 0.272. The first-order valence-corrected chi connectivity index (χ1v) is 16.9. The van der Waals surface area contributed by atoms with Crippen molar-refractivity contribution in [2.75, 3.05) is 17.2 Å². The fourth-order valence-corrected chi connectivity index (χ4v) is 6.77. The number of rotatable bonds is 5. The summed E-state index contributed by atoms with van der Waals surface area (Å²) < 4.78 is 6.59. The molecule has 4 bridgehead atoms. The Morgan fingerprint density at radius 2 is 1.74 bits per heavy atom. The zero-order valence-electron chi connectivity index (χ0n) is 29.4. The topological polar surface area (TPSA) is 82.9 Å². The molecule has 1 saturated carbocycles. The lowest BCUT2D eigenvalue weighted by Crippen LogP contribution is -2.30. The van der Waals surface area contributed by atoms with E-state index in [1.165, 1.54) is 5.57 Å². The van der Waals surface area contributed by atoms with Crippen LogP contribution >= 0.6 is 0 Å². The van der Waals surface area contributed by atoms with E-state index in [-0.39, 0.29) is 29.1 Å². The molecule has 2 aromatic carbocycles. The van der Waals surface area contributed by atoms with E-state index in [9.17, 15) is 5.21 Å². The first-order valence-electron chi connectivity index (χ1n) is 16.9. The van der Waals surface area contributed by atoms with Crippen molar-refractivity contribution >= 4 is 17.3 Å². The van der Waals surface area contributed by atoms with Crippen LogP contribution in [0.3, 0.4) is 0 Å². The fraction of sp³-hybridized carbons (Fsp3) is 0.425. The molecular formula is C40H51N5O2. The molecule has 1 aliphatic carbocycles. The van der Waals surface area contributed by atoms with Gasteiger partial charge in [0.2, 0.25) is 11.8 Å². The molecular weight excluding hydrogens is 582 g/mol. The number of anilines is 2. The molecule has 1 fully saturated rings. The molecule has 248 valence electrons. The van der Waals surface area contributed by atoms with Crippen LogP contribution in [0.4, 0.5) is 11.6 Å². The van der Waals surface area contributed by atoms with Crippen LogP contribution in [0.25, 0.3) is 11.3 Å². The zero-order chi connectivity index (χ0) is 33.9. The molecule has 2 heterocycles. The zero-order valence-corrected chi connectivity index (χ0v) is 29.4. The van der Waals surface area contributed by atoms with Crippen LogP contribution in [0.1, 0.15) is 89.8 Å². The second kappa shape index (κ2) is 14.3. The average molecular weight is 634 g/mol. The molecule has 1 aliphatic heterocycles. The number of hydrogen-bond donors (Lipinski definition) is 2. The SMILES string of the molecule is C=C(C)C(/C=C(\C)C(C)(C)C)=N/C(=C\C)C1CCCCC2COc3cc(-c4c(C)cccc4C)nc(n3)NN(O)c3cccc(c3)C21. The number of ether oxygens (including phenoxy) is 1. The van der Waals surface area contributed by atoms with Crippen molar-refractivity contribution in [3.8, 4) is 17.1 Å². The molecule has 47 heavy (non-hydrogen) atoms. The van der Waals surface area contributed by atoms with Crippen molar-refractivity contribution in [3.63, 3.8) is 0 Å². The van der Waals surface area contributed by atoms with Gasteiger partial charge < -0.3 is 4.74 Å². The summed E-state index contributed by atoms with van der Waals surface area (Å²) >= 11 is 0. The molecule has 3 atom stereocenters. The fourth-order valence-electron chi connectivity index (χ4n) is 6.77. The van der Waals surface area contributed by atoms with E-state index in [1.54, 1.807) is 0 Å². The highest BCUT2D eigenvalue weighted by molar-refractivity contribution is 6.08. The number of nitrogens with zero attached hydrogens (tertiary/aromatic N) is 4. The lowest BCUT2D eigenvalue weighted by atomic mass is 9.74. The predicted octanol–water partition coefficient (Wildman–Crippen LogP) is 10.2. The van der Waals surface area contributed by atoms with E-state index in [0.29, 0.717) is 18.2 Å². The summed E-state index contributed by atoms with van der Waals surface area (Å²) in [6.07, 6.45) is 8.60. The summed E-state index contributed by atoms with van der Waals surface area (Å²) in [5, 5.41) is 12.3. The van der Waals surface area contributed by atoms with Crippen LogP contribution in [0.2, 0.25) is 0 Å². The number of aryl methyl sites for hydroxylation is 2. The Kier molecular flexibility index (Phi) is 10.4. The molecule has 0 spiro atoms. The normalized spacial score (nSPS) is 21.0. The van der Waals surface area contributed by atoms with Crippen LogP contribution < -0.4 is 15.3 Å². The molecule has 3 aromatic rings. The summed E-state index contributed by atoms with van der Waals surface area (Å²) in [7, 11) is 0. The molecule has 1 aromatic heterocycles. The van der Waals surface area contributed by atoms with Crippen LogP contribution in [0.15, 0.2) is 89.1 Å². The molecule has 0 radical (unpaired) electrons. The lowest BCUT2D eigenvalue weighted by molar-refractivity contribution is 0.195. The van der Waals surface area contributed by atoms with Gasteiger partial charge in [-0.3, -0.25) is 10.2 Å².